The number of carbonyl (C=O) groups is 2. The highest BCUT2D eigenvalue weighted by molar-refractivity contribution is 7.47. The molecule has 0 aliphatic rings. The molecule has 0 aromatic rings. The van der Waals surface area contributed by atoms with Crippen molar-refractivity contribution in [2.45, 2.75) is 154 Å². The molecule has 0 amide bonds. The first-order chi connectivity index (χ1) is 29.1. The monoisotopic (exact) mass is 861 g/mol. The molecular weight excluding hydrogens is 783 g/mol. The molecule has 0 saturated heterocycles. The lowest BCUT2D eigenvalue weighted by molar-refractivity contribution is -0.161. The van der Waals surface area contributed by atoms with Crippen LogP contribution in [0.15, 0.2) is 109 Å². The smallest absolute Gasteiger partial charge is 0.462 e. The molecule has 0 heterocycles. The standard InChI is InChI=1S/C48H77O11P/c1-3-5-7-9-11-13-15-17-18-19-20-21-22-24-26-28-30-32-34-38-48(53)59-46(43-58-60(54,55)57-41-45(51)40-49)42-56-47(52)39-35-37-44(50)36-33-31-29-27-25-23-16-14-12-10-8-6-4-2/h11-14,17-18,20-21,23-26,29-33,36,44-46,49-51H,3-10,15-16,19,22,27-28,34-35,37-43H2,1-2H3,(H,54,55)/b13-11-,14-12-,18-17-,21-20-,25-23-,26-24-,31-29-,32-30-,36-33+/t44-,45+,46-/m1/s1. The Bertz CT molecular complexity index is 1380. The molecule has 0 bridgehead atoms. The molecule has 0 aliphatic carbocycles. The number of hydrogen-bond acceptors (Lipinski definition) is 10. The third-order valence-electron chi connectivity index (χ3n) is 8.52. The molecule has 4 atom stereocenters. The summed E-state index contributed by atoms with van der Waals surface area (Å²) in [4.78, 5) is 35.0. The number of esters is 2. The van der Waals surface area contributed by atoms with E-state index in [0.717, 1.165) is 44.9 Å². The first-order valence-corrected chi connectivity index (χ1v) is 23.4. The minimum atomic E-state index is -4.69. The van der Waals surface area contributed by atoms with Crippen molar-refractivity contribution in [2.75, 3.05) is 26.4 Å². The SMILES string of the molecule is CCCCC/C=C\C/C=C\C/C=C\C=C\[C@@H](O)CCCC(=O)OC[C@H](COP(=O)(O)OC[C@@H](O)CO)OC(=O)CC/C=C\C/C=C\C/C=C\C/C=C\C/C=C\CCCCC. The van der Waals surface area contributed by atoms with E-state index in [0.29, 0.717) is 25.7 Å². The van der Waals surface area contributed by atoms with Gasteiger partial charge in [0.2, 0.25) is 0 Å². The van der Waals surface area contributed by atoms with E-state index in [1.54, 1.807) is 12.2 Å². The molecule has 0 aromatic heterocycles. The summed E-state index contributed by atoms with van der Waals surface area (Å²) in [5.74, 6) is -1.24. The van der Waals surface area contributed by atoms with Gasteiger partial charge in [0.15, 0.2) is 6.10 Å². The van der Waals surface area contributed by atoms with Crippen molar-refractivity contribution in [3.05, 3.63) is 109 Å². The van der Waals surface area contributed by atoms with Crippen molar-refractivity contribution in [3.63, 3.8) is 0 Å². The van der Waals surface area contributed by atoms with Crippen LogP contribution in [0, 0.1) is 0 Å². The number of hydrogen-bond donors (Lipinski definition) is 4. The summed E-state index contributed by atoms with van der Waals surface area (Å²) in [6.45, 7) is 1.99. The van der Waals surface area contributed by atoms with Gasteiger partial charge in [0.05, 0.1) is 25.9 Å². The Balaban J connectivity index is 4.63. The van der Waals surface area contributed by atoms with E-state index < -0.39 is 64.5 Å². The highest BCUT2D eigenvalue weighted by Gasteiger charge is 2.27. The van der Waals surface area contributed by atoms with Crippen molar-refractivity contribution in [1.82, 2.24) is 0 Å². The van der Waals surface area contributed by atoms with E-state index in [1.807, 2.05) is 30.4 Å². The number of phosphoric ester groups is 1. The van der Waals surface area contributed by atoms with Gasteiger partial charge < -0.3 is 29.7 Å². The Morgan fingerprint density at radius 1 is 0.567 bits per heavy atom. The van der Waals surface area contributed by atoms with Crippen LogP contribution in [0.5, 0.6) is 0 Å². The molecule has 0 spiro atoms. The third-order valence-corrected chi connectivity index (χ3v) is 9.47. The minimum absolute atomic E-state index is 0.00893. The minimum Gasteiger partial charge on any atom is -0.462 e. The molecule has 0 radical (unpaired) electrons. The van der Waals surface area contributed by atoms with Crippen molar-refractivity contribution in [1.29, 1.82) is 0 Å². The van der Waals surface area contributed by atoms with E-state index in [9.17, 15) is 29.3 Å². The number of aliphatic hydroxyl groups is 3. The normalized spacial score (nSPS) is 15.4. The molecule has 0 aliphatic heterocycles. The average Bonchev–Trinajstić information content (AvgIpc) is 3.23. The third kappa shape index (κ3) is 41.3. The summed E-state index contributed by atoms with van der Waals surface area (Å²) in [5.41, 5.74) is 0. The Hall–Kier alpha value is -3.41. The predicted molar refractivity (Wildman–Crippen MR) is 243 cm³/mol. The summed E-state index contributed by atoms with van der Waals surface area (Å²) >= 11 is 0. The number of carbonyl (C=O) groups excluding carboxylic acids is 2. The second-order valence-electron chi connectivity index (χ2n) is 14.2. The van der Waals surface area contributed by atoms with Crippen molar-refractivity contribution in [2.24, 2.45) is 0 Å². The number of unbranched alkanes of at least 4 members (excludes halogenated alkanes) is 6. The Morgan fingerprint density at radius 3 is 1.57 bits per heavy atom. The largest absolute Gasteiger partial charge is 0.472 e. The summed E-state index contributed by atoms with van der Waals surface area (Å²) in [7, 11) is -4.69. The molecular formula is C48H77O11P. The Kier molecular flexibility index (Phi) is 39.9. The van der Waals surface area contributed by atoms with Gasteiger partial charge in [0, 0.05) is 12.8 Å². The number of allylic oxidation sites excluding steroid dienone is 17. The fourth-order valence-electron chi connectivity index (χ4n) is 5.08. The van der Waals surface area contributed by atoms with Gasteiger partial charge in [-0.1, -0.05) is 149 Å². The lowest BCUT2D eigenvalue weighted by Gasteiger charge is -2.20. The van der Waals surface area contributed by atoms with Gasteiger partial charge in [0.1, 0.15) is 12.7 Å². The molecule has 4 N–H and O–H groups in total. The zero-order chi connectivity index (χ0) is 44.2. The molecule has 60 heavy (non-hydrogen) atoms. The fraction of sp³-hybridized carbons (Fsp3) is 0.583. The molecule has 0 saturated carbocycles. The summed E-state index contributed by atoms with van der Waals surface area (Å²) in [6, 6.07) is 0. The maximum Gasteiger partial charge on any atom is 0.472 e. The van der Waals surface area contributed by atoms with Crippen LogP contribution in [-0.4, -0.2) is 76.9 Å². The second-order valence-corrected chi connectivity index (χ2v) is 15.7. The quantitative estimate of drug-likeness (QED) is 0.0153. The zero-order valence-electron chi connectivity index (χ0n) is 36.5. The summed E-state index contributed by atoms with van der Waals surface area (Å²) in [5, 5.41) is 28.6. The molecule has 11 nitrogen and oxygen atoms in total. The van der Waals surface area contributed by atoms with Gasteiger partial charge in [0.25, 0.3) is 0 Å². The van der Waals surface area contributed by atoms with Gasteiger partial charge >= 0.3 is 19.8 Å². The zero-order valence-corrected chi connectivity index (χ0v) is 37.4. The highest BCUT2D eigenvalue weighted by atomic mass is 31.2. The molecule has 0 aromatic carbocycles. The highest BCUT2D eigenvalue weighted by Crippen LogP contribution is 2.43. The van der Waals surface area contributed by atoms with Crippen LogP contribution in [0.2, 0.25) is 0 Å². The summed E-state index contributed by atoms with van der Waals surface area (Å²) in [6.07, 6.45) is 49.5. The van der Waals surface area contributed by atoms with Crippen LogP contribution in [0.4, 0.5) is 0 Å². The number of phosphoric acid groups is 1. The fourth-order valence-corrected chi connectivity index (χ4v) is 5.87. The molecule has 0 fully saturated rings. The summed E-state index contributed by atoms with van der Waals surface area (Å²) < 4.78 is 32.5. The Morgan fingerprint density at radius 2 is 1.05 bits per heavy atom. The topological polar surface area (TPSA) is 169 Å². The van der Waals surface area contributed by atoms with Crippen LogP contribution < -0.4 is 0 Å². The average molecular weight is 861 g/mol. The van der Waals surface area contributed by atoms with Gasteiger partial charge in [-0.05, 0) is 83.5 Å². The van der Waals surface area contributed by atoms with Crippen LogP contribution in [-0.2, 0) is 32.7 Å². The second kappa shape index (κ2) is 42.3. The molecule has 1 unspecified atom stereocenters. The van der Waals surface area contributed by atoms with Crippen LogP contribution >= 0.6 is 7.82 Å². The first kappa shape index (κ1) is 56.6. The van der Waals surface area contributed by atoms with Crippen molar-refractivity contribution < 1.29 is 52.9 Å². The van der Waals surface area contributed by atoms with E-state index in [1.165, 1.54) is 38.5 Å². The Labute approximate surface area is 361 Å². The van der Waals surface area contributed by atoms with E-state index >= 15 is 0 Å². The van der Waals surface area contributed by atoms with Gasteiger partial charge in [-0.25, -0.2) is 4.57 Å². The van der Waals surface area contributed by atoms with Crippen LogP contribution in [0.1, 0.15) is 136 Å². The van der Waals surface area contributed by atoms with Crippen LogP contribution in [0.25, 0.3) is 0 Å². The molecule has 0 rings (SSSR count). The number of rotatable bonds is 39. The van der Waals surface area contributed by atoms with Crippen LogP contribution in [0.3, 0.4) is 0 Å². The molecule has 12 heteroatoms. The number of ether oxygens (including phenoxy) is 2. The first-order valence-electron chi connectivity index (χ1n) is 22.0. The van der Waals surface area contributed by atoms with E-state index in [2.05, 4.69) is 85.2 Å². The van der Waals surface area contributed by atoms with Gasteiger partial charge in [-0.3, -0.25) is 18.6 Å². The van der Waals surface area contributed by atoms with Crippen molar-refractivity contribution in [3.8, 4) is 0 Å². The lowest BCUT2D eigenvalue weighted by atomic mass is 10.1. The van der Waals surface area contributed by atoms with Crippen molar-refractivity contribution >= 4 is 19.8 Å². The van der Waals surface area contributed by atoms with Gasteiger partial charge in [-0.2, -0.15) is 0 Å². The predicted octanol–water partition coefficient (Wildman–Crippen LogP) is 10.7. The lowest BCUT2D eigenvalue weighted by Crippen LogP contribution is -2.29. The maximum absolute atomic E-state index is 12.6. The maximum atomic E-state index is 12.6. The molecule has 340 valence electrons. The van der Waals surface area contributed by atoms with Gasteiger partial charge in [-0.15, -0.1) is 0 Å². The van der Waals surface area contributed by atoms with E-state index in [4.69, 9.17) is 19.1 Å². The van der Waals surface area contributed by atoms with E-state index in [-0.39, 0.29) is 12.8 Å². The number of aliphatic hydroxyl groups excluding tert-OH is 3.